The van der Waals surface area contributed by atoms with Crippen molar-refractivity contribution in [1.29, 1.82) is 0 Å². The van der Waals surface area contributed by atoms with E-state index in [1.807, 2.05) is 20.8 Å². The van der Waals surface area contributed by atoms with Crippen LogP contribution in [0.4, 0.5) is 0 Å². The molecule has 6 nitrogen and oxygen atoms in total. The molecule has 0 aromatic carbocycles. The van der Waals surface area contributed by atoms with E-state index in [0.717, 1.165) is 50.4 Å². The van der Waals surface area contributed by atoms with Crippen LogP contribution in [0, 0.1) is 17.8 Å². The van der Waals surface area contributed by atoms with Crippen molar-refractivity contribution < 1.29 is 14.3 Å². The molecule has 2 unspecified atom stereocenters. The fourth-order valence-electron chi connectivity index (χ4n) is 7.50. The van der Waals surface area contributed by atoms with E-state index in [4.69, 9.17) is 4.74 Å². The van der Waals surface area contributed by atoms with Crippen LogP contribution in [0.2, 0.25) is 0 Å². The minimum atomic E-state index is -0.365. The topological polar surface area (TPSA) is 70.7 Å². The molecule has 4 aliphatic heterocycles. The lowest BCUT2D eigenvalue weighted by molar-refractivity contribution is -0.233. The molecule has 2 saturated carbocycles. The Kier molecular flexibility index (Phi) is 6.39. The number of amides is 2. The van der Waals surface area contributed by atoms with Gasteiger partial charge in [0.1, 0.15) is 5.72 Å². The quantitative estimate of drug-likeness (QED) is 0.669. The number of piperidine rings is 1. The summed E-state index contributed by atoms with van der Waals surface area (Å²) >= 11 is 0. The van der Waals surface area contributed by atoms with Crippen LogP contribution >= 0.6 is 12.4 Å². The normalized spacial score (nSPS) is 41.0. The van der Waals surface area contributed by atoms with Gasteiger partial charge in [-0.2, -0.15) is 0 Å². The number of carbonyl (C=O) groups excluding carboxylic acids is 2. The highest BCUT2D eigenvalue weighted by atomic mass is 35.5. The summed E-state index contributed by atoms with van der Waals surface area (Å²) in [5.41, 5.74) is -0.553. The maximum absolute atomic E-state index is 13.0. The highest BCUT2D eigenvalue weighted by Gasteiger charge is 2.53. The van der Waals surface area contributed by atoms with Gasteiger partial charge in [0, 0.05) is 24.0 Å². The van der Waals surface area contributed by atoms with Crippen LogP contribution in [0.1, 0.15) is 85.0 Å². The maximum Gasteiger partial charge on any atom is 0.234 e. The van der Waals surface area contributed by atoms with Gasteiger partial charge in [-0.25, -0.2) is 0 Å². The molecule has 6 fully saturated rings. The molecule has 4 saturated heterocycles. The second-order valence-corrected chi connectivity index (χ2v) is 12.0. The number of carbonyl (C=O) groups is 2. The van der Waals surface area contributed by atoms with Crippen LogP contribution in [-0.4, -0.2) is 52.7 Å². The van der Waals surface area contributed by atoms with Gasteiger partial charge in [0.05, 0.1) is 12.6 Å². The molecular weight excluding hydrogens is 414 g/mol. The average molecular weight is 454 g/mol. The number of hydrogen-bond acceptors (Lipinski definition) is 4. The van der Waals surface area contributed by atoms with Gasteiger partial charge >= 0.3 is 0 Å². The minimum Gasteiger partial charge on any atom is -0.353 e. The number of nitrogens with zero attached hydrogens (tertiary/aromatic N) is 1. The van der Waals surface area contributed by atoms with Crippen LogP contribution < -0.4 is 10.6 Å². The molecule has 0 spiro atoms. The Morgan fingerprint density at radius 3 is 2.13 bits per heavy atom. The molecule has 0 aromatic rings. The molecule has 6 aliphatic rings. The van der Waals surface area contributed by atoms with Crippen LogP contribution in [-0.2, 0) is 14.3 Å². The zero-order valence-electron chi connectivity index (χ0n) is 19.3. The van der Waals surface area contributed by atoms with E-state index in [-0.39, 0.29) is 35.5 Å². The van der Waals surface area contributed by atoms with Gasteiger partial charge in [-0.1, -0.05) is 0 Å². The molecule has 0 radical (unpaired) electrons. The second-order valence-electron chi connectivity index (χ2n) is 12.0. The lowest BCUT2D eigenvalue weighted by Crippen LogP contribution is -2.63. The standard InChI is InChI=1S/C24H39N3O3.ClH/c1-23(2,3)25-22(29)14-27-18-4-5-19(27)8-15(7-18)11-21(28)26-24-12-16-6-17(13-24)10-20(9-16)30-24;/h15-20H,4-14H2,1-3H3,(H,25,29)(H,26,28);1H/t15-,16?,17?,18+,19-,20?,24?;. The number of ether oxygens (including phenoxy) is 1. The molecular formula is C24H40ClN3O3. The summed E-state index contributed by atoms with van der Waals surface area (Å²) in [6.07, 6.45) is 11.1. The zero-order valence-corrected chi connectivity index (χ0v) is 20.1. The van der Waals surface area contributed by atoms with Crippen LogP contribution in [0.3, 0.4) is 0 Å². The Labute approximate surface area is 193 Å². The number of nitrogens with one attached hydrogen (secondary N) is 2. The minimum absolute atomic E-state index is 0. The van der Waals surface area contributed by atoms with Crippen molar-refractivity contribution in [3.63, 3.8) is 0 Å². The number of fused-ring (bicyclic) bond motifs is 2. The van der Waals surface area contributed by atoms with Crippen molar-refractivity contribution in [2.75, 3.05) is 6.54 Å². The first-order valence-corrected chi connectivity index (χ1v) is 12.2. The fourth-order valence-corrected chi connectivity index (χ4v) is 7.50. The van der Waals surface area contributed by atoms with E-state index >= 15 is 0 Å². The number of halogens is 1. The summed E-state index contributed by atoms with van der Waals surface area (Å²) in [6, 6.07) is 0.895. The first-order valence-electron chi connectivity index (χ1n) is 12.2. The van der Waals surface area contributed by atoms with E-state index in [2.05, 4.69) is 15.5 Å². The van der Waals surface area contributed by atoms with Gasteiger partial charge in [0.15, 0.2) is 0 Å². The predicted molar refractivity (Wildman–Crippen MR) is 122 cm³/mol. The van der Waals surface area contributed by atoms with Crippen molar-refractivity contribution in [3.8, 4) is 0 Å². The van der Waals surface area contributed by atoms with Crippen molar-refractivity contribution in [1.82, 2.24) is 15.5 Å². The van der Waals surface area contributed by atoms with E-state index in [1.54, 1.807) is 0 Å². The highest BCUT2D eigenvalue weighted by molar-refractivity contribution is 5.85. The van der Waals surface area contributed by atoms with Gasteiger partial charge in [0.25, 0.3) is 0 Å². The van der Waals surface area contributed by atoms with E-state index in [1.165, 1.54) is 19.3 Å². The molecule has 4 heterocycles. The Morgan fingerprint density at radius 1 is 0.968 bits per heavy atom. The fraction of sp³-hybridized carbons (Fsp3) is 0.917. The van der Waals surface area contributed by atoms with Crippen LogP contribution in [0.15, 0.2) is 0 Å². The first-order chi connectivity index (χ1) is 14.2. The van der Waals surface area contributed by atoms with Gasteiger partial charge in [0.2, 0.25) is 11.8 Å². The third kappa shape index (κ3) is 5.06. The Morgan fingerprint density at radius 2 is 1.58 bits per heavy atom. The maximum atomic E-state index is 13.0. The van der Waals surface area contributed by atoms with Crippen LogP contribution in [0.5, 0.6) is 0 Å². The summed E-state index contributed by atoms with van der Waals surface area (Å²) in [6.45, 7) is 6.57. The molecule has 5 atom stereocenters. The molecule has 176 valence electrons. The Balaban J connectivity index is 0.00000231. The van der Waals surface area contributed by atoms with E-state index in [0.29, 0.717) is 37.1 Å². The number of hydrogen-bond donors (Lipinski definition) is 2. The summed E-state index contributed by atoms with van der Waals surface area (Å²) in [5.74, 6) is 2.22. The van der Waals surface area contributed by atoms with Crippen molar-refractivity contribution >= 4 is 24.2 Å². The summed E-state index contributed by atoms with van der Waals surface area (Å²) in [4.78, 5) is 27.8. The average Bonchev–Trinajstić information content (AvgIpc) is 2.81. The molecule has 2 N–H and O–H groups in total. The third-order valence-corrected chi connectivity index (χ3v) is 8.15. The molecule has 6 bridgehead atoms. The highest BCUT2D eigenvalue weighted by Crippen LogP contribution is 2.52. The van der Waals surface area contributed by atoms with E-state index < -0.39 is 0 Å². The van der Waals surface area contributed by atoms with Crippen LogP contribution in [0.25, 0.3) is 0 Å². The predicted octanol–water partition coefficient (Wildman–Crippen LogP) is 3.38. The molecule has 0 aromatic heterocycles. The van der Waals surface area contributed by atoms with Gasteiger partial charge in [-0.15, -0.1) is 12.4 Å². The summed E-state index contributed by atoms with van der Waals surface area (Å²) in [7, 11) is 0. The zero-order chi connectivity index (χ0) is 21.1. The third-order valence-electron chi connectivity index (χ3n) is 8.15. The Hall–Kier alpha value is -0.850. The summed E-state index contributed by atoms with van der Waals surface area (Å²) < 4.78 is 6.34. The second kappa shape index (κ2) is 8.49. The lowest BCUT2D eigenvalue weighted by atomic mass is 9.65. The summed E-state index contributed by atoms with van der Waals surface area (Å²) in [5, 5.41) is 6.44. The Bertz CT molecular complexity index is 657. The van der Waals surface area contributed by atoms with E-state index in [9.17, 15) is 9.59 Å². The molecule has 6 rings (SSSR count). The van der Waals surface area contributed by atoms with Gasteiger partial charge in [-0.05, 0) is 96.3 Å². The number of rotatable bonds is 5. The first kappa shape index (κ1) is 23.3. The largest absolute Gasteiger partial charge is 0.353 e. The van der Waals surface area contributed by atoms with Crippen molar-refractivity contribution in [2.24, 2.45) is 17.8 Å². The molecule has 7 heteroatoms. The lowest BCUT2D eigenvalue weighted by Gasteiger charge is -2.56. The molecule has 2 aliphatic carbocycles. The van der Waals surface area contributed by atoms with Gasteiger partial charge in [-0.3, -0.25) is 14.5 Å². The van der Waals surface area contributed by atoms with Gasteiger partial charge < -0.3 is 15.4 Å². The smallest absolute Gasteiger partial charge is 0.234 e. The van der Waals surface area contributed by atoms with Crippen molar-refractivity contribution in [2.45, 2.75) is 114 Å². The SMILES string of the molecule is CC(C)(C)NC(=O)CN1[C@@H]2CC[C@H]1C[C@@H](CC(=O)NC13CC4CC(CC(C4)O1)C3)C2.Cl. The molecule has 31 heavy (non-hydrogen) atoms. The van der Waals surface area contributed by atoms with Crippen molar-refractivity contribution in [3.05, 3.63) is 0 Å². The monoisotopic (exact) mass is 453 g/mol. The molecule has 2 amide bonds.